The van der Waals surface area contributed by atoms with Gasteiger partial charge >= 0.3 is 5.97 Å². The minimum absolute atomic E-state index is 0.523. The second kappa shape index (κ2) is 6.94. The fourth-order valence-corrected chi connectivity index (χ4v) is 2.32. The van der Waals surface area contributed by atoms with Gasteiger partial charge in [0.15, 0.2) is 11.2 Å². The van der Waals surface area contributed by atoms with Crippen molar-refractivity contribution in [1.82, 2.24) is 10.3 Å². The number of fused-ring (bicyclic) bond motifs is 1. The van der Waals surface area contributed by atoms with E-state index in [9.17, 15) is 4.79 Å². The zero-order chi connectivity index (χ0) is 17.9. The first-order valence-electron chi connectivity index (χ1n) is 8.00. The highest BCUT2D eigenvalue weighted by atomic mass is 16.5. The van der Waals surface area contributed by atoms with E-state index in [1.54, 1.807) is 12.1 Å². The van der Waals surface area contributed by atoms with Crippen molar-refractivity contribution in [3.05, 3.63) is 60.0 Å². The molecule has 0 unspecified atom stereocenters. The van der Waals surface area contributed by atoms with E-state index in [1.807, 2.05) is 36.4 Å². The highest BCUT2D eigenvalue weighted by Gasteiger charge is 2.29. The van der Waals surface area contributed by atoms with Gasteiger partial charge in [-0.1, -0.05) is 24.3 Å². The van der Waals surface area contributed by atoms with Crippen molar-refractivity contribution in [2.45, 2.75) is 32.5 Å². The molecule has 2 aromatic carbocycles. The summed E-state index contributed by atoms with van der Waals surface area (Å²) in [7, 11) is 0. The number of ether oxygens (including phenoxy) is 1. The van der Waals surface area contributed by atoms with Crippen LogP contribution in [0.15, 0.2) is 52.9 Å². The van der Waals surface area contributed by atoms with Gasteiger partial charge in [0.2, 0.25) is 5.89 Å². The molecule has 0 saturated heterocycles. The quantitative estimate of drug-likeness (QED) is 0.686. The predicted molar refractivity (Wildman–Crippen MR) is 93.3 cm³/mol. The van der Waals surface area contributed by atoms with Crippen molar-refractivity contribution in [1.29, 1.82) is 0 Å². The number of aliphatic carboxylic acids is 1. The number of aromatic nitrogens is 1. The average Bonchev–Trinajstić information content (AvgIpc) is 2.99. The largest absolute Gasteiger partial charge is 0.478 e. The lowest BCUT2D eigenvalue weighted by molar-refractivity contribution is -0.152. The molecule has 0 radical (unpaired) electrons. The van der Waals surface area contributed by atoms with Crippen LogP contribution in [0.25, 0.3) is 11.1 Å². The molecule has 1 heterocycles. The Kier molecular flexibility index (Phi) is 4.72. The maximum atomic E-state index is 11.1. The van der Waals surface area contributed by atoms with Gasteiger partial charge < -0.3 is 19.6 Å². The molecule has 0 spiro atoms. The molecule has 0 saturated carbocycles. The van der Waals surface area contributed by atoms with Crippen LogP contribution in [0, 0.1) is 0 Å². The molecule has 1 aromatic heterocycles. The fourth-order valence-electron chi connectivity index (χ4n) is 2.32. The summed E-state index contributed by atoms with van der Waals surface area (Å²) in [6.45, 7) is 4.20. The maximum absolute atomic E-state index is 11.1. The Balaban J connectivity index is 1.54. The fraction of sp³-hybridized carbons (Fsp3) is 0.263. The van der Waals surface area contributed by atoms with Crippen LogP contribution in [0.3, 0.4) is 0 Å². The number of carboxylic acid groups (broad SMARTS) is 1. The number of benzene rings is 2. The van der Waals surface area contributed by atoms with Gasteiger partial charge in [-0.05, 0) is 43.7 Å². The molecule has 6 nitrogen and oxygen atoms in total. The van der Waals surface area contributed by atoms with E-state index in [-0.39, 0.29) is 0 Å². The van der Waals surface area contributed by atoms with Crippen LogP contribution >= 0.6 is 0 Å². The Morgan fingerprint density at radius 1 is 1.16 bits per heavy atom. The summed E-state index contributed by atoms with van der Waals surface area (Å²) in [6, 6.07) is 15.0. The summed E-state index contributed by atoms with van der Waals surface area (Å²) in [6.07, 6.45) is 0. The van der Waals surface area contributed by atoms with Gasteiger partial charge in [-0.3, -0.25) is 0 Å². The Bertz CT molecular complexity index is 836. The van der Waals surface area contributed by atoms with Crippen molar-refractivity contribution < 1.29 is 19.1 Å². The number of hydrogen-bond acceptors (Lipinski definition) is 5. The van der Waals surface area contributed by atoms with E-state index in [0.717, 1.165) is 16.7 Å². The number of para-hydroxylation sites is 2. The van der Waals surface area contributed by atoms with E-state index < -0.39 is 11.6 Å². The zero-order valence-electron chi connectivity index (χ0n) is 14.2. The zero-order valence-corrected chi connectivity index (χ0v) is 14.2. The number of rotatable bonds is 7. The summed E-state index contributed by atoms with van der Waals surface area (Å²) >= 11 is 0. The average molecular weight is 340 g/mol. The SMILES string of the molecule is CC(C)(Oc1ccc(CNCc2nc3ccccc3o2)cc1)C(=O)O. The van der Waals surface area contributed by atoms with E-state index in [4.69, 9.17) is 14.3 Å². The predicted octanol–water partition coefficient (Wildman–Crippen LogP) is 3.36. The summed E-state index contributed by atoms with van der Waals surface area (Å²) in [5.41, 5.74) is 1.42. The second-order valence-corrected chi connectivity index (χ2v) is 6.24. The topological polar surface area (TPSA) is 84.6 Å². The van der Waals surface area contributed by atoms with Crippen molar-refractivity contribution in [2.24, 2.45) is 0 Å². The molecule has 25 heavy (non-hydrogen) atoms. The molecule has 0 amide bonds. The third-order valence-corrected chi connectivity index (χ3v) is 3.75. The lowest BCUT2D eigenvalue weighted by Crippen LogP contribution is -2.37. The normalized spacial score (nSPS) is 11.6. The molecule has 0 aliphatic heterocycles. The van der Waals surface area contributed by atoms with Crippen molar-refractivity contribution >= 4 is 17.1 Å². The number of carbonyl (C=O) groups is 1. The van der Waals surface area contributed by atoms with Crippen LogP contribution in [-0.2, 0) is 17.9 Å². The van der Waals surface area contributed by atoms with Gasteiger partial charge in [0.05, 0.1) is 6.54 Å². The molecule has 0 aliphatic rings. The van der Waals surface area contributed by atoms with E-state index in [1.165, 1.54) is 13.8 Å². The Morgan fingerprint density at radius 2 is 1.88 bits per heavy atom. The molecule has 0 aliphatic carbocycles. The summed E-state index contributed by atoms with van der Waals surface area (Å²) in [4.78, 5) is 15.5. The molecule has 6 heteroatoms. The molecule has 0 atom stereocenters. The second-order valence-electron chi connectivity index (χ2n) is 6.24. The highest BCUT2D eigenvalue weighted by molar-refractivity contribution is 5.76. The molecule has 0 bridgehead atoms. The van der Waals surface area contributed by atoms with Gasteiger partial charge in [-0.25, -0.2) is 9.78 Å². The van der Waals surface area contributed by atoms with Crippen LogP contribution in [0.1, 0.15) is 25.3 Å². The minimum atomic E-state index is -1.26. The standard InChI is InChI=1S/C19H20N2O4/c1-19(2,18(22)23)25-14-9-7-13(8-10-14)11-20-12-17-21-15-5-3-4-6-16(15)24-17/h3-10,20H,11-12H2,1-2H3,(H,22,23). The third-order valence-electron chi connectivity index (χ3n) is 3.75. The van der Waals surface area contributed by atoms with E-state index in [2.05, 4.69) is 10.3 Å². The van der Waals surface area contributed by atoms with E-state index in [0.29, 0.717) is 24.7 Å². The first kappa shape index (κ1) is 17.0. The van der Waals surface area contributed by atoms with Crippen LogP contribution in [0.2, 0.25) is 0 Å². The number of carboxylic acids is 1. The lowest BCUT2D eigenvalue weighted by Gasteiger charge is -2.21. The van der Waals surface area contributed by atoms with Crippen molar-refractivity contribution in [3.63, 3.8) is 0 Å². The smallest absolute Gasteiger partial charge is 0.347 e. The molecule has 2 N–H and O–H groups in total. The monoisotopic (exact) mass is 340 g/mol. The molecule has 130 valence electrons. The van der Waals surface area contributed by atoms with Crippen LogP contribution in [-0.4, -0.2) is 21.7 Å². The number of nitrogens with one attached hydrogen (secondary N) is 1. The summed E-state index contributed by atoms with van der Waals surface area (Å²) < 4.78 is 11.1. The maximum Gasteiger partial charge on any atom is 0.347 e. The molecule has 0 fully saturated rings. The van der Waals surface area contributed by atoms with Gasteiger partial charge in [-0.15, -0.1) is 0 Å². The summed E-state index contributed by atoms with van der Waals surface area (Å²) in [5, 5.41) is 12.4. The number of hydrogen-bond donors (Lipinski definition) is 2. The third kappa shape index (κ3) is 4.16. The van der Waals surface area contributed by atoms with Gasteiger partial charge in [-0.2, -0.15) is 0 Å². The van der Waals surface area contributed by atoms with Crippen LogP contribution in [0.4, 0.5) is 0 Å². The van der Waals surface area contributed by atoms with Crippen LogP contribution < -0.4 is 10.1 Å². The van der Waals surface area contributed by atoms with Crippen LogP contribution in [0.5, 0.6) is 5.75 Å². The van der Waals surface area contributed by atoms with Gasteiger partial charge in [0, 0.05) is 6.54 Å². The molecular formula is C19H20N2O4. The minimum Gasteiger partial charge on any atom is -0.478 e. The van der Waals surface area contributed by atoms with Gasteiger partial charge in [0.1, 0.15) is 11.3 Å². The Hall–Kier alpha value is -2.86. The lowest BCUT2D eigenvalue weighted by atomic mass is 10.1. The Labute approximate surface area is 145 Å². The molecule has 3 rings (SSSR count). The summed E-state index contributed by atoms with van der Waals surface area (Å²) in [5.74, 6) is 0.163. The van der Waals surface area contributed by atoms with E-state index >= 15 is 0 Å². The van der Waals surface area contributed by atoms with Crippen molar-refractivity contribution in [3.8, 4) is 5.75 Å². The first-order valence-corrected chi connectivity index (χ1v) is 8.00. The molecule has 3 aromatic rings. The first-order chi connectivity index (χ1) is 11.9. The van der Waals surface area contributed by atoms with Crippen molar-refractivity contribution in [2.75, 3.05) is 0 Å². The molecular weight excluding hydrogens is 320 g/mol. The number of nitrogens with zero attached hydrogens (tertiary/aromatic N) is 1. The van der Waals surface area contributed by atoms with Gasteiger partial charge in [0.25, 0.3) is 0 Å². The number of oxazole rings is 1. The highest BCUT2D eigenvalue weighted by Crippen LogP contribution is 2.19. The Morgan fingerprint density at radius 3 is 2.56 bits per heavy atom.